The quantitative estimate of drug-likeness (QED) is 0.828. The summed E-state index contributed by atoms with van der Waals surface area (Å²) in [4.78, 5) is 2.66. The van der Waals surface area contributed by atoms with Crippen molar-refractivity contribution >= 4 is 15.9 Å². The van der Waals surface area contributed by atoms with Gasteiger partial charge in [0.15, 0.2) is 0 Å². The predicted octanol–water partition coefficient (Wildman–Crippen LogP) is 4.36. The fraction of sp³-hybridized carbons (Fsp3) is 0.647. The van der Waals surface area contributed by atoms with Crippen LogP contribution in [0.3, 0.4) is 0 Å². The number of benzene rings is 1. The topological polar surface area (TPSA) is 15.3 Å². The van der Waals surface area contributed by atoms with Crippen molar-refractivity contribution in [3.8, 4) is 0 Å². The molecular formula is C17H27BrN2. The summed E-state index contributed by atoms with van der Waals surface area (Å²) < 4.78 is 1.22. The monoisotopic (exact) mass is 338 g/mol. The molecule has 2 nitrogen and oxygen atoms in total. The molecule has 1 saturated heterocycles. The van der Waals surface area contributed by atoms with E-state index in [0.717, 1.165) is 12.6 Å². The summed E-state index contributed by atoms with van der Waals surface area (Å²) in [7, 11) is 0. The summed E-state index contributed by atoms with van der Waals surface area (Å²) in [6.45, 7) is 8.05. The molecule has 1 heterocycles. The van der Waals surface area contributed by atoms with E-state index in [4.69, 9.17) is 0 Å². The van der Waals surface area contributed by atoms with Crippen LogP contribution in [0.2, 0.25) is 0 Å². The summed E-state index contributed by atoms with van der Waals surface area (Å²) in [6, 6.07) is 9.80. The first-order valence-corrected chi connectivity index (χ1v) is 8.73. The molecular weight excluding hydrogens is 312 g/mol. The smallest absolute Gasteiger partial charge is 0.0343 e. The maximum Gasteiger partial charge on any atom is 0.0343 e. The highest BCUT2D eigenvalue weighted by Crippen LogP contribution is 2.26. The van der Waals surface area contributed by atoms with Crippen molar-refractivity contribution in [3.05, 3.63) is 34.3 Å². The van der Waals surface area contributed by atoms with Gasteiger partial charge < -0.3 is 10.2 Å². The Balaban J connectivity index is 1.97. The second-order valence-electron chi connectivity index (χ2n) is 5.80. The van der Waals surface area contributed by atoms with Crippen LogP contribution in [0.25, 0.3) is 0 Å². The summed E-state index contributed by atoms with van der Waals surface area (Å²) >= 11 is 3.69. The van der Waals surface area contributed by atoms with E-state index in [2.05, 4.69) is 64.3 Å². The van der Waals surface area contributed by atoms with Gasteiger partial charge in [-0.15, -0.1) is 0 Å². The summed E-state index contributed by atoms with van der Waals surface area (Å²) in [5, 5.41) is 3.64. The number of nitrogens with zero attached hydrogens (tertiary/aromatic N) is 1. The van der Waals surface area contributed by atoms with Gasteiger partial charge in [0, 0.05) is 23.1 Å². The predicted molar refractivity (Wildman–Crippen MR) is 90.1 cm³/mol. The summed E-state index contributed by atoms with van der Waals surface area (Å²) in [6.07, 6.45) is 5.31. The van der Waals surface area contributed by atoms with Crippen LogP contribution >= 0.6 is 15.9 Å². The van der Waals surface area contributed by atoms with Gasteiger partial charge in [-0.2, -0.15) is 0 Å². The van der Waals surface area contributed by atoms with Crippen LogP contribution in [0.1, 0.15) is 51.1 Å². The van der Waals surface area contributed by atoms with Crippen molar-refractivity contribution in [2.75, 3.05) is 19.6 Å². The Kier molecular flexibility index (Phi) is 6.53. The number of hydrogen-bond acceptors (Lipinski definition) is 2. The molecule has 0 amide bonds. The minimum absolute atomic E-state index is 0.449. The Hall–Kier alpha value is -0.380. The van der Waals surface area contributed by atoms with Gasteiger partial charge in [-0.3, -0.25) is 0 Å². The third-order valence-electron chi connectivity index (χ3n) is 4.38. The molecule has 2 unspecified atom stereocenters. The largest absolute Gasteiger partial charge is 0.310 e. The van der Waals surface area contributed by atoms with Gasteiger partial charge in [0.05, 0.1) is 0 Å². The maximum absolute atomic E-state index is 3.69. The molecule has 3 heteroatoms. The van der Waals surface area contributed by atoms with Crippen LogP contribution in [0.4, 0.5) is 0 Å². The Labute approximate surface area is 132 Å². The third kappa shape index (κ3) is 4.31. The first-order valence-electron chi connectivity index (χ1n) is 7.94. The van der Waals surface area contributed by atoms with E-state index in [1.165, 1.54) is 48.8 Å². The van der Waals surface area contributed by atoms with Crippen LogP contribution in [0.15, 0.2) is 28.7 Å². The zero-order valence-electron chi connectivity index (χ0n) is 12.7. The average molecular weight is 339 g/mol. The third-order valence-corrected chi connectivity index (χ3v) is 5.10. The van der Waals surface area contributed by atoms with Crippen LogP contribution in [-0.2, 0) is 0 Å². The van der Waals surface area contributed by atoms with E-state index in [0.29, 0.717) is 6.04 Å². The fourth-order valence-corrected chi connectivity index (χ4v) is 3.72. The molecule has 1 fully saturated rings. The van der Waals surface area contributed by atoms with Crippen LogP contribution in [0, 0.1) is 0 Å². The molecule has 0 aliphatic carbocycles. The van der Waals surface area contributed by atoms with Gasteiger partial charge in [-0.1, -0.05) is 47.5 Å². The molecule has 1 aliphatic heterocycles. The SMILES string of the molecule is CCNC(CCN1CCCCC1C)c1ccccc1Br. The number of likely N-dealkylation sites (tertiary alicyclic amines) is 1. The number of halogens is 1. The first-order chi connectivity index (χ1) is 9.72. The van der Waals surface area contributed by atoms with Crippen molar-refractivity contribution in [2.45, 2.75) is 51.6 Å². The van der Waals surface area contributed by atoms with Gasteiger partial charge in [-0.05, 0) is 50.9 Å². The molecule has 2 rings (SSSR count). The summed E-state index contributed by atoms with van der Waals surface area (Å²) in [5.74, 6) is 0. The van der Waals surface area contributed by atoms with Gasteiger partial charge in [-0.25, -0.2) is 0 Å². The lowest BCUT2D eigenvalue weighted by Crippen LogP contribution is -2.39. The van der Waals surface area contributed by atoms with Crippen molar-refractivity contribution in [2.24, 2.45) is 0 Å². The van der Waals surface area contributed by atoms with Crippen molar-refractivity contribution in [1.29, 1.82) is 0 Å². The molecule has 1 aromatic rings. The molecule has 0 spiro atoms. The van der Waals surface area contributed by atoms with E-state index in [1.54, 1.807) is 0 Å². The standard InChI is InChI=1S/C17H27BrN2/c1-3-19-17(15-9-4-5-10-16(15)18)11-13-20-12-7-6-8-14(20)2/h4-5,9-10,14,17,19H,3,6-8,11-13H2,1-2H3. The summed E-state index contributed by atoms with van der Waals surface area (Å²) in [5.41, 5.74) is 1.39. The molecule has 1 aromatic carbocycles. The highest BCUT2D eigenvalue weighted by molar-refractivity contribution is 9.10. The van der Waals surface area contributed by atoms with Crippen molar-refractivity contribution in [1.82, 2.24) is 10.2 Å². The van der Waals surface area contributed by atoms with E-state index in [-0.39, 0.29) is 0 Å². The van der Waals surface area contributed by atoms with Crippen molar-refractivity contribution in [3.63, 3.8) is 0 Å². The van der Waals surface area contributed by atoms with E-state index < -0.39 is 0 Å². The van der Waals surface area contributed by atoms with Gasteiger partial charge in [0.1, 0.15) is 0 Å². The molecule has 112 valence electrons. The lowest BCUT2D eigenvalue weighted by Gasteiger charge is -2.34. The Morgan fingerprint density at radius 1 is 1.35 bits per heavy atom. The molecule has 1 aliphatic rings. The van der Waals surface area contributed by atoms with E-state index >= 15 is 0 Å². The van der Waals surface area contributed by atoms with Crippen LogP contribution < -0.4 is 5.32 Å². The molecule has 1 N–H and O–H groups in total. The number of nitrogens with one attached hydrogen (secondary N) is 1. The molecule has 0 aromatic heterocycles. The minimum atomic E-state index is 0.449. The average Bonchev–Trinajstić information content (AvgIpc) is 2.46. The lowest BCUT2D eigenvalue weighted by molar-refractivity contribution is 0.153. The number of piperidine rings is 1. The molecule has 0 bridgehead atoms. The normalized spacial score (nSPS) is 21.9. The Bertz CT molecular complexity index is 408. The van der Waals surface area contributed by atoms with Gasteiger partial charge >= 0.3 is 0 Å². The lowest BCUT2D eigenvalue weighted by atomic mass is 10.00. The maximum atomic E-state index is 3.69. The Morgan fingerprint density at radius 3 is 2.85 bits per heavy atom. The first kappa shape index (κ1) is 16.0. The highest BCUT2D eigenvalue weighted by atomic mass is 79.9. The minimum Gasteiger partial charge on any atom is -0.310 e. The van der Waals surface area contributed by atoms with Crippen molar-refractivity contribution < 1.29 is 0 Å². The molecule has 20 heavy (non-hydrogen) atoms. The zero-order chi connectivity index (χ0) is 14.4. The van der Waals surface area contributed by atoms with E-state index in [1.807, 2.05) is 0 Å². The second kappa shape index (κ2) is 8.16. The number of hydrogen-bond donors (Lipinski definition) is 1. The zero-order valence-corrected chi connectivity index (χ0v) is 14.3. The second-order valence-corrected chi connectivity index (χ2v) is 6.66. The van der Waals surface area contributed by atoms with E-state index in [9.17, 15) is 0 Å². The van der Waals surface area contributed by atoms with Gasteiger partial charge in [0.25, 0.3) is 0 Å². The number of rotatable bonds is 6. The fourth-order valence-electron chi connectivity index (χ4n) is 3.16. The highest BCUT2D eigenvalue weighted by Gasteiger charge is 2.20. The molecule has 2 atom stereocenters. The molecule has 0 saturated carbocycles. The van der Waals surface area contributed by atoms with Crippen LogP contribution in [-0.4, -0.2) is 30.6 Å². The van der Waals surface area contributed by atoms with Gasteiger partial charge in [0.2, 0.25) is 0 Å². The molecule has 0 radical (unpaired) electrons. The van der Waals surface area contributed by atoms with Crippen LogP contribution in [0.5, 0.6) is 0 Å². The Morgan fingerprint density at radius 2 is 2.15 bits per heavy atom.